The molecular weight excluding hydrogens is 371 g/mol. The highest BCUT2D eigenvalue weighted by Gasteiger charge is 2.26. The Kier molecular flexibility index (Phi) is 7.86. The van der Waals surface area contributed by atoms with Crippen molar-refractivity contribution in [2.24, 2.45) is 0 Å². The van der Waals surface area contributed by atoms with Crippen LogP contribution in [-0.2, 0) is 13.1 Å². The Morgan fingerprint density at radius 2 is 1.83 bits per heavy atom. The van der Waals surface area contributed by atoms with Crippen LogP contribution in [0.4, 0.5) is 4.39 Å². The maximum atomic E-state index is 13.7. The number of aliphatic hydroxyl groups excluding tert-OH is 1. The topological polar surface area (TPSA) is 45.2 Å². The lowest BCUT2D eigenvalue weighted by atomic mass is 10.1. The molecule has 0 saturated carbocycles. The number of methoxy groups -OCH3 is 1. The van der Waals surface area contributed by atoms with Crippen LogP contribution in [0.1, 0.15) is 24.5 Å². The van der Waals surface area contributed by atoms with E-state index in [4.69, 9.17) is 9.47 Å². The molecular formula is C23H31FN2O3. The average molecular weight is 403 g/mol. The molecule has 0 aromatic heterocycles. The minimum absolute atomic E-state index is 0.169. The number of ether oxygens (including phenoxy) is 2. The molecule has 3 rings (SSSR count). The first-order valence-corrected chi connectivity index (χ1v) is 10.2. The third-order valence-corrected chi connectivity index (χ3v) is 5.39. The van der Waals surface area contributed by atoms with Gasteiger partial charge >= 0.3 is 0 Å². The molecule has 1 heterocycles. The van der Waals surface area contributed by atoms with Gasteiger partial charge in [-0.1, -0.05) is 18.2 Å². The molecule has 0 bridgehead atoms. The Hall–Kier alpha value is -2.15. The van der Waals surface area contributed by atoms with Crippen LogP contribution < -0.4 is 9.47 Å². The number of hydrogen-bond donors (Lipinski definition) is 1. The van der Waals surface area contributed by atoms with E-state index in [2.05, 4.69) is 21.9 Å². The van der Waals surface area contributed by atoms with Gasteiger partial charge in [0.1, 0.15) is 5.75 Å². The number of rotatable bonds is 9. The first-order valence-electron chi connectivity index (χ1n) is 10.2. The Labute approximate surface area is 172 Å². The van der Waals surface area contributed by atoms with Gasteiger partial charge in [0.2, 0.25) is 0 Å². The van der Waals surface area contributed by atoms with E-state index in [9.17, 15) is 9.50 Å². The smallest absolute Gasteiger partial charge is 0.165 e. The van der Waals surface area contributed by atoms with Crippen molar-refractivity contribution in [1.82, 2.24) is 9.80 Å². The zero-order valence-electron chi connectivity index (χ0n) is 17.3. The molecule has 1 aliphatic rings. The van der Waals surface area contributed by atoms with Crippen molar-refractivity contribution in [3.8, 4) is 11.5 Å². The van der Waals surface area contributed by atoms with Crippen LogP contribution in [0.25, 0.3) is 0 Å². The van der Waals surface area contributed by atoms with Crippen molar-refractivity contribution in [2.45, 2.75) is 32.5 Å². The number of hydrogen-bond acceptors (Lipinski definition) is 5. The molecule has 1 saturated heterocycles. The predicted molar refractivity (Wildman–Crippen MR) is 112 cm³/mol. The lowest BCUT2D eigenvalue weighted by molar-refractivity contribution is 0.0499. The van der Waals surface area contributed by atoms with E-state index < -0.39 is 0 Å². The lowest BCUT2D eigenvalue weighted by Gasteiger charge is -2.41. The van der Waals surface area contributed by atoms with Crippen LogP contribution in [-0.4, -0.2) is 60.9 Å². The molecule has 5 nitrogen and oxygen atoms in total. The van der Waals surface area contributed by atoms with Gasteiger partial charge in [0.25, 0.3) is 0 Å². The molecule has 29 heavy (non-hydrogen) atoms. The number of halogens is 1. The number of aliphatic hydroxyl groups is 1. The second-order valence-corrected chi connectivity index (χ2v) is 7.42. The number of benzene rings is 2. The van der Waals surface area contributed by atoms with E-state index in [1.54, 1.807) is 6.07 Å². The highest BCUT2D eigenvalue weighted by atomic mass is 19.1. The molecule has 158 valence electrons. The molecule has 2 aromatic rings. The van der Waals surface area contributed by atoms with E-state index in [1.165, 1.54) is 18.7 Å². The molecule has 1 fully saturated rings. The predicted octanol–water partition coefficient (Wildman–Crippen LogP) is 3.30. The fourth-order valence-corrected chi connectivity index (χ4v) is 3.88. The average Bonchev–Trinajstić information content (AvgIpc) is 2.73. The molecule has 1 N–H and O–H groups in total. The molecule has 0 radical (unpaired) electrons. The van der Waals surface area contributed by atoms with Gasteiger partial charge in [-0.3, -0.25) is 9.80 Å². The van der Waals surface area contributed by atoms with Gasteiger partial charge in [0, 0.05) is 45.4 Å². The Balaban J connectivity index is 1.61. The third-order valence-electron chi connectivity index (χ3n) is 5.39. The molecule has 0 aliphatic carbocycles. The fourth-order valence-electron chi connectivity index (χ4n) is 3.88. The Bertz CT molecular complexity index is 769. The van der Waals surface area contributed by atoms with Crippen molar-refractivity contribution >= 4 is 0 Å². The monoisotopic (exact) mass is 402 g/mol. The first kappa shape index (κ1) is 21.6. The molecule has 6 heteroatoms. The maximum Gasteiger partial charge on any atom is 0.165 e. The van der Waals surface area contributed by atoms with E-state index in [-0.39, 0.29) is 24.2 Å². The van der Waals surface area contributed by atoms with Crippen LogP contribution in [0.15, 0.2) is 42.5 Å². The zero-order valence-corrected chi connectivity index (χ0v) is 17.3. The second kappa shape index (κ2) is 10.6. The molecule has 0 unspecified atom stereocenters. The van der Waals surface area contributed by atoms with Crippen LogP contribution in [0.3, 0.4) is 0 Å². The van der Waals surface area contributed by atoms with Crippen molar-refractivity contribution in [1.29, 1.82) is 0 Å². The lowest BCUT2D eigenvalue weighted by Crippen LogP contribution is -2.52. The Morgan fingerprint density at radius 3 is 2.52 bits per heavy atom. The summed E-state index contributed by atoms with van der Waals surface area (Å²) in [5.41, 5.74) is 2.28. The summed E-state index contributed by atoms with van der Waals surface area (Å²) < 4.78 is 24.3. The molecule has 1 aliphatic heterocycles. The maximum absolute atomic E-state index is 13.7. The van der Waals surface area contributed by atoms with E-state index in [0.29, 0.717) is 6.61 Å². The van der Waals surface area contributed by atoms with E-state index in [1.807, 2.05) is 25.1 Å². The Morgan fingerprint density at radius 1 is 1.07 bits per heavy atom. The summed E-state index contributed by atoms with van der Waals surface area (Å²) in [5.74, 6) is 0.834. The summed E-state index contributed by atoms with van der Waals surface area (Å²) >= 11 is 0. The van der Waals surface area contributed by atoms with Gasteiger partial charge in [-0.05, 0) is 48.7 Å². The third kappa shape index (κ3) is 5.92. The van der Waals surface area contributed by atoms with Gasteiger partial charge < -0.3 is 14.6 Å². The van der Waals surface area contributed by atoms with Crippen LogP contribution in [0.5, 0.6) is 11.5 Å². The minimum atomic E-state index is -0.338. The number of piperazine rings is 1. The van der Waals surface area contributed by atoms with Gasteiger partial charge in [-0.25, -0.2) is 4.39 Å². The quantitative estimate of drug-likeness (QED) is 0.697. The van der Waals surface area contributed by atoms with Crippen LogP contribution in [0, 0.1) is 5.82 Å². The summed E-state index contributed by atoms with van der Waals surface area (Å²) in [6.45, 7) is 7.15. The van der Waals surface area contributed by atoms with Crippen molar-refractivity contribution in [3.05, 3.63) is 59.4 Å². The minimum Gasteiger partial charge on any atom is -0.494 e. The summed E-state index contributed by atoms with van der Waals surface area (Å²) in [6, 6.07) is 13.6. The molecule has 0 spiro atoms. The summed E-state index contributed by atoms with van der Waals surface area (Å²) in [4.78, 5) is 4.80. The zero-order chi connectivity index (χ0) is 20.6. The molecule has 0 amide bonds. The van der Waals surface area contributed by atoms with Crippen molar-refractivity contribution < 1.29 is 19.0 Å². The van der Waals surface area contributed by atoms with Crippen molar-refractivity contribution in [2.75, 3.05) is 40.0 Å². The standard InChI is InChI=1S/C23H31FN2O3/c1-3-29-21-7-4-18(5-8-21)16-26-12-11-25(17-20(26)10-13-27)15-19-6-9-22(24)23(14-19)28-2/h4-9,14,20,27H,3,10-13,15-17H2,1-2H3/t20-/m1/s1. The van der Waals surface area contributed by atoms with E-state index in [0.717, 1.165) is 50.5 Å². The van der Waals surface area contributed by atoms with Gasteiger partial charge in [-0.2, -0.15) is 0 Å². The SMILES string of the molecule is CCOc1ccc(CN2CCN(Cc3ccc(F)c(OC)c3)C[C@H]2CCO)cc1. The fraction of sp³-hybridized carbons (Fsp3) is 0.478. The summed E-state index contributed by atoms with van der Waals surface area (Å²) in [5, 5.41) is 9.55. The van der Waals surface area contributed by atoms with Gasteiger partial charge in [0.15, 0.2) is 11.6 Å². The first-order chi connectivity index (χ1) is 14.1. The van der Waals surface area contributed by atoms with Gasteiger partial charge in [0.05, 0.1) is 13.7 Å². The summed E-state index contributed by atoms with van der Waals surface area (Å²) in [6.07, 6.45) is 0.736. The highest BCUT2D eigenvalue weighted by Crippen LogP contribution is 2.22. The normalized spacial score (nSPS) is 18.0. The molecule has 2 aromatic carbocycles. The largest absolute Gasteiger partial charge is 0.494 e. The summed E-state index contributed by atoms with van der Waals surface area (Å²) in [7, 11) is 1.49. The van der Waals surface area contributed by atoms with Crippen LogP contribution >= 0.6 is 0 Å². The van der Waals surface area contributed by atoms with Crippen molar-refractivity contribution in [3.63, 3.8) is 0 Å². The highest BCUT2D eigenvalue weighted by molar-refractivity contribution is 5.30. The van der Waals surface area contributed by atoms with Crippen LogP contribution in [0.2, 0.25) is 0 Å². The second-order valence-electron chi connectivity index (χ2n) is 7.42. The van der Waals surface area contributed by atoms with Gasteiger partial charge in [-0.15, -0.1) is 0 Å². The molecule has 1 atom stereocenters. The number of nitrogens with zero attached hydrogens (tertiary/aromatic N) is 2. The van der Waals surface area contributed by atoms with E-state index >= 15 is 0 Å².